The van der Waals surface area contributed by atoms with Crippen molar-refractivity contribution in [1.29, 1.82) is 0 Å². The molecule has 1 nitrogen and oxygen atoms in total. The Morgan fingerprint density at radius 2 is 2.00 bits per heavy atom. The topological polar surface area (TPSA) is 12.0 Å². The lowest BCUT2D eigenvalue weighted by Crippen LogP contribution is -2.33. The zero-order chi connectivity index (χ0) is 10.0. The molecule has 82 valence electrons. The van der Waals surface area contributed by atoms with Crippen molar-refractivity contribution in [3.05, 3.63) is 0 Å². The highest BCUT2D eigenvalue weighted by atomic mass is 19.1. The second kappa shape index (κ2) is 4.18. The largest absolute Gasteiger partial charge is 0.316 e. The lowest BCUT2D eigenvalue weighted by atomic mass is 9.82. The summed E-state index contributed by atoms with van der Waals surface area (Å²) in [6.45, 7) is 3.72. The molecule has 0 aromatic carbocycles. The van der Waals surface area contributed by atoms with E-state index in [1.165, 1.54) is 25.7 Å². The first-order valence-corrected chi connectivity index (χ1v) is 6.08. The molecule has 2 heteroatoms. The van der Waals surface area contributed by atoms with E-state index >= 15 is 0 Å². The maximum atomic E-state index is 14.4. The molecule has 1 N–H and O–H groups in total. The van der Waals surface area contributed by atoms with Gasteiger partial charge in [-0.15, -0.1) is 0 Å². The number of hydrogen-bond acceptors (Lipinski definition) is 1. The van der Waals surface area contributed by atoms with Crippen LogP contribution in [0, 0.1) is 11.8 Å². The van der Waals surface area contributed by atoms with Gasteiger partial charge in [0.2, 0.25) is 0 Å². The van der Waals surface area contributed by atoms with Crippen molar-refractivity contribution in [1.82, 2.24) is 5.32 Å². The zero-order valence-electron chi connectivity index (χ0n) is 9.19. The number of alkyl halides is 1. The molecule has 0 bridgehead atoms. The van der Waals surface area contributed by atoms with Crippen LogP contribution < -0.4 is 5.32 Å². The molecule has 2 unspecified atom stereocenters. The van der Waals surface area contributed by atoms with E-state index in [2.05, 4.69) is 5.32 Å². The first-order valence-electron chi connectivity index (χ1n) is 6.08. The molecular weight excluding hydrogens is 177 g/mol. The number of nitrogens with one attached hydrogen (secondary N) is 1. The first-order chi connectivity index (χ1) is 6.68. The number of rotatable bonds is 3. The fourth-order valence-corrected chi connectivity index (χ4v) is 3.11. The van der Waals surface area contributed by atoms with E-state index in [0.717, 1.165) is 25.9 Å². The minimum absolute atomic E-state index is 0.267. The predicted molar refractivity (Wildman–Crippen MR) is 57.1 cm³/mol. The van der Waals surface area contributed by atoms with Crippen molar-refractivity contribution < 1.29 is 4.39 Å². The number of hydrogen-bond donors (Lipinski definition) is 1. The van der Waals surface area contributed by atoms with Crippen LogP contribution in [0.4, 0.5) is 4.39 Å². The first kappa shape index (κ1) is 10.4. The lowest BCUT2D eigenvalue weighted by molar-refractivity contribution is 0.0811. The molecule has 0 aromatic heterocycles. The van der Waals surface area contributed by atoms with Crippen LogP contribution in [0.25, 0.3) is 0 Å². The Balaban J connectivity index is 1.86. The Labute approximate surface area is 86.5 Å². The fraction of sp³-hybridized carbons (Fsp3) is 1.00. The van der Waals surface area contributed by atoms with Crippen molar-refractivity contribution in [2.45, 2.75) is 51.1 Å². The lowest BCUT2D eigenvalue weighted by Gasteiger charge is -2.29. The minimum atomic E-state index is -0.918. The van der Waals surface area contributed by atoms with Crippen LogP contribution in [0.3, 0.4) is 0 Å². The molecule has 14 heavy (non-hydrogen) atoms. The summed E-state index contributed by atoms with van der Waals surface area (Å²) in [6.07, 6.45) is 7.01. The summed E-state index contributed by atoms with van der Waals surface area (Å²) in [5, 5.41) is 3.26. The Bertz CT molecular complexity index is 179. The van der Waals surface area contributed by atoms with Gasteiger partial charge < -0.3 is 5.32 Å². The van der Waals surface area contributed by atoms with Crippen LogP contribution in [-0.2, 0) is 0 Å². The van der Waals surface area contributed by atoms with Crippen molar-refractivity contribution in [2.75, 3.05) is 13.1 Å². The second-order valence-corrected chi connectivity index (χ2v) is 5.32. The van der Waals surface area contributed by atoms with Gasteiger partial charge in [0.05, 0.1) is 0 Å². The molecule has 1 aliphatic heterocycles. The highest BCUT2D eigenvalue weighted by Crippen LogP contribution is 2.38. The summed E-state index contributed by atoms with van der Waals surface area (Å²) in [5.41, 5.74) is -0.918. The molecule has 1 heterocycles. The fourth-order valence-electron chi connectivity index (χ4n) is 3.11. The summed E-state index contributed by atoms with van der Waals surface area (Å²) in [5.74, 6) is 0.939. The molecule has 1 saturated heterocycles. The maximum Gasteiger partial charge on any atom is 0.112 e. The molecule has 1 aliphatic carbocycles. The van der Waals surface area contributed by atoms with Gasteiger partial charge >= 0.3 is 0 Å². The average molecular weight is 199 g/mol. The van der Waals surface area contributed by atoms with Gasteiger partial charge in [0.1, 0.15) is 5.67 Å². The van der Waals surface area contributed by atoms with Gasteiger partial charge in [-0.2, -0.15) is 0 Å². The Kier molecular flexibility index (Phi) is 3.10. The van der Waals surface area contributed by atoms with Crippen LogP contribution in [0.2, 0.25) is 0 Å². The molecule has 0 aromatic rings. The van der Waals surface area contributed by atoms with Crippen LogP contribution in [-0.4, -0.2) is 18.8 Å². The molecule has 2 atom stereocenters. The Morgan fingerprint density at radius 1 is 1.29 bits per heavy atom. The molecule has 0 amide bonds. The van der Waals surface area contributed by atoms with E-state index in [1.54, 1.807) is 0 Å². The van der Waals surface area contributed by atoms with Crippen LogP contribution >= 0.6 is 0 Å². The predicted octanol–water partition coefficient (Wildman–Crippen LogP) is 2.90. The van der Waals surface area contributed by atoms with Crippen molar-refractivity contribution >= 4 is 0 Å². The van der Waals surface area contributed by atoms with Crippen molar-refractivity contribution in [3.63, 3.8) is 0 Å². The van der Waals surface area contributed by atoms with Gasteiger partial charge in [-0.3, -0.25) is 0 Å². The van der Waals surface area contributed by atoms with E-state index < -0.39 is 5.67 Å². The molecule has 0 radical (unpaired) electrons. The highest BCUT2D eigenvalue weighted by Gasteiger charge is 2.38. The van der Waals surface area contributed by atoms with Crippen molar-refractivity contribution in [2.24, 2.45) is 11.8 Å². The highest BCUT2D eigenvalue weighted by molar-refractivity contribution is 4.90. The van der Waals surface area contributed by atoms with Gasteiger partial charge in [0.15, 0.2) is 0 Å². The Hall–Kier alpha value is -0.110. The normalized spacial score (nSPS) is 33.4. The van der Waals surface area contributed by atoms with Gasteiger partial charge in [-0.25, -0.2) is 4.39 Å². The summed E-state index contributed by atoms with van der Waals surface area (Å²) in [7, 11) is 0. The van der Waals surface area contributed by atoms with E-state index in [-0.39, 0.29) is 5.92 Å². The third kappa shape index (κ3) is 2.28. The third-order valence-corrected chi connectivity index (χ3v) is 4.07. The van der Waals surface area contributed by atoms with Crippen LogP contribution in [0.15, 0.2) is 0 Å². The summed E-state index contributed by atoms with van der Waals surface area (Å²) in [4.78, 5) is 0. The second-order valence-electron chi connectivity index (χ2n) is 5.32. The quantitative estimate of drug-likeness (QED) is 0.737. The van der Waals surface area contributed by atoms with Crippen LogP contribution in [0.1, 0.15) is 45.4 Å². The third-order valence-electron chi connectivity index (χ3n) is 4.07. The molecule has 0 spiro atoms. The van der Waals surface area contributed by atoms with E-state index in [9.17, 15) is 4.39 Å². The maximum absolute atomic E-state index is 14.4. The molecular formula is C12H22FN. The summed E-state index contributed by atoms with van der Waals surface area (Å²) >= 11 is 0. The van der Waals surface area contributed by atoms with Gasteiger partial charge in [0.25, 0.3) is 0 Å². The summed E-state index contributed by atoms with van der Waals surface area (Å²) in [6, 6.07) is 0. The monoisotopic (exact) mass is 199 g/mol. The standard InChI is InChI=1S/C12H22FN/c1-12(13,11-6-7-14-9-11)8-10-4-2-3-5-10/h10-11,14H,2-9H2,1H3. The van der Waals surface area contributed by atoms with Gasteiger partial charge in [-0.1, -0.05) is 25.7 Å². The van der Waals surface area contributed by atoms with Gasteiger partial charge in [0, 0.05) is 12.5 Å². The zero-order valence-corrected chi connectivity index (χ0v) is 9.19. The average Bonchev–Trinajstić information content (AvgIpc) is 2.71. The SMILES string of the molecule is CC(F)(CC1CCCC1)C1CCNC1. The van der Waals surface area contributed by atoms with E-state index in [0.29, 0.717) is 5.92 Å². The van der Waals surface area contributed by atoms with Gasteiger partial charge in [-0.05, 0) is 32.2 Å². The summed E-state index contributed by atoms with van der Waals surface area (Å²) < 4.78 is 14.4. The minimum Gasteiger partial charge on any atom is -0.316 e. The molecule has 2 fully saturated rings. The molecule has 1 saturated carbocycles. The molecule has 2 rings (SSSR count). The Morgan fingerprint density at radius 3 is 2.57 bits per heavy atom. The smallest absolute Gasteiger partial charge is 0.112 e. The van der Waals surface area contributed by atoms with E-state index in [4.69, 9.17) is 0 Å². The van der Waals surface area contributed by atoms with Crippen LogP contribution in [0.5, 0.6) is 0 Å². The molecule has 2 aliphatic rings. The van der Waals surface area contributed by atoms with Crippen molar-refractivity contribution in [3.8, 4) is 0 Å². The van der Waals surface area contributed by atoms with E-state index in [1.807, 2.05) is 6.92 Å². The number of halogens is 1.